The van der Waals surface area contributed by atoms with E-state index in [9.17, 15) is 4.79 Å². The van der Waals surface area contributed by atoms with Crippen molar-refractivity contribution in [2.75, 3.05) is 25.6 Å². The highest BCUT2D eigenvalue weighted by atomic mass is 16.5. The quantitative estimate of drug-likeness (QED) is 0.585. The molecule has 1 rings (SSSR count). The van der Waals surface area contributed by atoms with Crippen LogP contribution in [0.15, 0.2) is 11.1 Å². The first-order chi connectivity index (χ1) is 7.79. The highest BCUT2D eigenvalue weighted by Crippen LogP contribution is 2.14. The Morgan fingerprint density at radius 2 is 2.31 bits per heavy atom. The second-order valence-electron chi connectivity index (χ2n) is 3.32. The number of aromatic amines is 1. The average Bonchev–Trinajstić information content (AvgIpc) is 2.29. The standard InChI is InChI=1S/C10H17N3O3/c1-16-8-9(12-7-13-10(8)15)11-5-3-2-4-6-14/h7,14H,2-6H2,1H3,(H2,11,12,13,15). The van der Waals surface area contributed by atoms with Gasteiger partial charge in [0.05, 0.1) is 13.4 Å². The van der Waals surface area contributed by atoms with Crippen LogP contribution in [0, 0.1) is 0 Å². The molecular formula is C10H17N3O3. The molecule has 0 aliphatic rings. The van der Waals surface area contributed by atoms with Crippen LogP contribution in [0.4, 0.5) is 5.82 Å². The number of nitrogens with zero attached hydrogens (tertiary/aromatic N) is 1. The summed E-state index contributed by atoms with van der Waals surface area (Å²) in [6.07, 6.45) is 3.98. The molecule has 0 bridgehead atoms. The Balaban J connectivity index is 2.47. The molecule has 16 heavy (non-hydrogen) atoms. The van der Waals surface area contributed by atoms with Gasteiger partial charge in [-0.2, -0.15) is 0 Å². The van der Waals surface area contributed by atoms with Gasteiger partial charge in [0, 0.05) is 13.2 Å². The summed E-state index contributed by atoms with van der Waals surface area (Å²) in [7, 11) is 1.43. The summed E-state index contributed by atoms with van der Waals surface area (Å²) in [4.78, 5) is 17.7. The lowest BCUT2D eigenvalue weighted by molar-refractivity contribution is 0.283. The lowest BCUT2D eigenvalue weighted by atomic mass is 10.2. The Morgan fingerprint density at radius 1 is 1.50 bits per heavy atom. The van der Waals surface area contributed by atoms with Gasteiger partial charge in [-0.15, -0.1) is 0 Å². The van der Waals surface area contributed by atoms with Gasteiger partial charge in [-0.05, 0) is 19.3 Å². The minimum atomic E-state index is -0.296. The lowest BCUT2D eigenvalue weighted by Gasteiger charge is -2.08. The van der Waals surface area contributed by atoms with Gasteiger partial charge in [0.25, 0.3) is 5.56 Å². The van der Waals surface area contributed by atoms with Gasteiger partial charge < -0.3 is 20.1 Å². The molecule has 6 nitrogen and oxygen atoms in total. The molecule has 0 aliphatic carbocycles. The molecule has 0 saturated heterocycles. The highest BCUT2D eigenvalue weighted by Gasteiger charge is 2.07. The van der Waals surface area contributed by atoms with E-state index in [-0.39, 0.29) is 17.9 Å². The third kappa shape index (κ3) is 3.54. The third-order valence-electron chi connectivity index (χ3n) is 2.14. The molecular weight excluding hydrogens is 210 g/mol. The molecule has 0 aromatic carbocycles. The number of hydrogen-bond acceptors (Lipinski definition) is 5. The molecule has 0 fully saturated rings. The second kappa shape index (κ2) is 6.84. The Labute approximate surface area is 93.7 Å². The Hall–Kier alpha value is -1.56. The lowest BCUT2D eigenvalue weighted by Crippen LogP contribution is -2.14. The predicted molar refractivity (Wildman–Crippen MR) is 60.8 cm³/mol. The van der Waals surface area contributed by atoms with Crippen LogP contribution in [0.5, 0.6) is 5.75 Å². The van der Waals surface area contributed by atoms with Crippen molar-refractivity contribution < 1.29 is 9.84 Å². The van der Waals surface area contributed by atoms with E-state index >= 15 is 0 Å². The molecule has 1 aromatic rings. The summed E-state index contributed by atoms with van der Waals surface area (Å²) in [5.74, 6) is 0.653. The maximum atomic E-state index is 11.3. The number of anilines is 1. The molecule has 6 heteroatoms. The first-order valence-electron chi connectivity index (χ1n) is 5.26. The molecule has 90 valence electrons. The van der Waals surface area contributed by atoms with E-state index in [0.717, 1.165) is 19.3 Å². The van der Waals surface area contributed by atoms with Gasteiger partial charge in [0.2, 0.25) is 5.75 Å². The fraction of sp³-hybridized carbons (Fsp3) is 0.600. The van der Waals surface area contributed by atoms with E-state index in [1.54, 1.807) is 0 Å². The zero-order valence-electron chi connectivity index (χ0n) is 9.32. The number of aliphatic hydroxyl groups is 1. The van der Waals surface area contributed by atoms with E-state index in [0.29, 0.717) is 12.4 Å². The number of nitrogens with one attached hydrogen (secondary N) is 2. The van der Waals surface area contributed by atoms with E-state index in [1.165, 1.54) is 13.4 Å². The van der Waals surface area contributed by atoms with Gasteiger partial charge in [-0.25, -0.2) is 4.98 Å². The highest BCUT2D eigenvalue weighted by molar-refractivity contribution is 5.47. The van der Waals surface area contributed by atoms with Gasteiger partial charge >= 0.3 is 0 Å². The van der Waals surface area contributed by atoms with Crippen LogP contribution >= 0.6 is 0 Å². The van der Waals surface area contributed by atoms with Crippen LogP contribution in [0.3, 0.4) is 0 Å². The number of aliphatic hydroxyl groups excluding tert-OH is 1. The molecule has 0 radical (unpaired) electrons. The number of aromatic nitrogens is 2. The molecule has 1 aromatic heterocycles. The summed E-state index contributed by atoms with van der Waals surface area (Å²) < 4.78 is 4.95. The Kier molecular flexibility index (Phi) is 5.35. The topological polar surface area (TPSA) is 87.2 Å². The van der Waals surface area contributed by atoms with Crippen molar-refractivity contribution in [3.8, 4) is 5.75 Å². The van der Waals surface area contributed by atoms with Crippen molar-refractivity contribution in [3.05, 3.63) is 16.7 Å². The number of unbranched alkanes of at least 4 members (excludes halogenated alkanes) is 2. The average molecular weight is 227 g/mol. The van der Waals surface area contributed by atoms with Crippen LogP contribution in [0.25, 0.3) is 0 Å². The first-order valence-corrected chi connectivity index (χ1v) is 5.26. The van der Waals surface area contributed by atoms with Crippen molar-refractivity contribution in [1.82, 2.24) is 9.97 Å². The fourth-order valence-electron chi connectivity index (χ4n) is 1.32. The molecule has 3 N–H and O–H groups in total. The maximum Gasteiger partial charge on any atom is 0.295 e. The minimum Gasteiger partial charge on any atom is -0.489 e. The van der Waals surface area contributed by atoms with Crippen LogP contribution in [-0.2, 0) is 0 Å². The number of hydrogen-bond donors (Lipinski definition) is 3. The van der Waals surface area contributed by atoms with Crippen molar-refractivity contribution in [2.24, 2.45) is 0 Å². The van der Waals surface area contributed by atoms with Gasteiger partial charge in [0.15, 0.2) is 5.82 Å². The van der Waals surface area contributed by atoms with Gasteiger partial charge in [-0.1, -0.05) is 0 Å². The molecule has 0 saturated carbocycles. The van der Waals surface area contributed by atoms with Crippen LogP contribution in [0.2, 0.25) is 0 Å². The van der Waals surface area contributed by atoms with Crippen molar-refractivity contribution in [3.63, 3.8) is 0 Å². The van der Waals surface area contributed by atoms with Crippen molar-refractivity contribution >= 4 is 5.82 Å². The molecule has 1 heterocycles. The maximum absolute atomic E-state index is 11.3. The normalized spacial score (nSPS) is 10.1. The summed E-state index contributed by atoms with van der Waals surface area (Å²) in [5.41, 5.74) is -0.296. The molecule has 0 aliphatic heterocycles. The molecule has 0 atom stereocenters. The molecule has 0 amide bonds. The van der Waals surface area contributed by atoms with E-state index in [4.69, 9.17) is 9.84 Å². The zero-order chi connectivity index (χ0) is 11.8. The number of methoxy groups -OCH3 is 1. The number of H-pyrrole nitrogens is 1. The van der Waals surface area contributed by atoms with Gasteiger partial charge in [0.1, 0.15) is 0 Å². The zero-order valence-corrected chi connectivity index (χ0v) is 9.32. The van der Waals surface area contributed by atoms with Gasteiger partial charge in [-0.3, -0.25) is 4.79 Å². The van der Waals surface area contributed by atoms with Crippen molar-refractivity contribution in [2.45, 2.75) is 19.3 Å². The van der Waals surface area contributed by atoms with E-state index in [2.05, 4.69) is 15.3 Å². The Bertz CT molecular complexity index is 365. The summed E-state index contributed by atoms with van der Waals surface area (Å²) in [6, 6.07) is 0. The summed E-state index contributed by atoms with van der Waals surface area (Å²) >= 11 is 0. The van der Waals surface area contributed by atoms with Crippen LogP contribution < -0.4 is 15.6 Å². The van der Waals surface area contributed by atoms with Crippen LogP contribution in [0.1, 0.15) is 19.3 Å². The largest absolute Gasteiger partial charge is 0.489 e. The minimum absolute atomic E-state index is 0.199. The smallest absolute Gasteiger partial charge is 0.295 e. The monoisotopic (exact) mass is 227 g/mol. The predicted octanol–water partition coefficient (Wildman–Crippen LogP) is 0.353. The Morgan fingerprint density at radius 3 is 3.00 bits per heavy atom. The van der Waals surface area contributed by atoms with Crippen molar-refractivity contribution in [1.29, 1.82) is 0 Å². The number of rotatable bonds is 7. The van der Waals surface area contributed by atoms with E-state index < -0.39 is 0 Å². The van der Waals surface area contributed by atoms with E-state index in [1.807, 2.05) is 0 Å². The SMILES string of the molecule is COc1c(NCCCCCO)nc[nH]c1=O. The molecule has 0 unspecified atom stereocenters. The summed E-state index contributed by atoms with van der Waals surface area (Å²) in [6.45, 7) is 0.916. The summed E-state index contributed by atoms with van der Waals surface area (Å²) in [5, 5.41) is 11.6. The third-order valence-corrected chi connectivity index (χ3v) is 2.14. The number of ether oxygens (including phenoxy) is 1. The second-order valence-corrected chi connectivity index (χ2v) is 3.32. The first kappa shape index (κ1) is 12.5. The molecule has 0 spiro atoms. The fourth-order valence-corrected chi connectivity index (χ4v) is 1.32. The van der Waals surface area contributed by atoms with Crippen LogP contribution in [-0.4, -0.2) is 35.3 Å².